The molecular formula is C16H17BrN2O3. The van der Waals surface area contributed by atoms with E-state index in [0.717, 1.165) is 15.7 Å². The standard InChI is InChI=1S/C16H17BrN2O3/c1-21-14-8-3-11(15(9-14)22-2)10-18-16(20)19-13-6-4-12(17)5-7-13/h3-9H,10H2,1-2H3,(H2,18,19,20). The molecule has 5 nitrogen and oxygen atoms in total. The zero-order valence-corrected chi connectivity index (χ0v) is 13.9. The number of methoxy groups -OCH3 is 2. The van der Waals surface area contributed by atoms with Crippen LogP contribution < -0.4 is 20.1 Å². The molecule has 116 valence electrons. The minimum absolute atomic E-state index is 0.278. The predicted molar refractivity (Wildman–Crippen MR) is 89.5 cm³/mol. The van der Waals surface area contributed by atoms with Crippen LogP contribution in [0.5, 0.6) is 11.5 Å². The second-order valence-corrected chi connectivity index (χ2v) is 5.41. The number of hydrogen-bond acceptors (Lipinski definition) is 3. The minimum Gasteiger partial charge on any atom is -0.497 e. The maximum atomic E-state index is 11.9. The first-order valence-electron chi connectivity index (χ1n) is 6.63. The molecule has 0 atom stereocenters. The molecule has 0 unspecified atom stereocenters. The van der Waals surface area contributed by atoms with Gasteiger partial charge < -0.3 is 20.1 Å². The van der Waals surface area contributed by atoms with Gasteiger partial charge in [-0.25, -0.2) is 4.79 Å². The number of carbonyl (C=O) groups excluding carboxylic acids is 1. The molecule has 22 heavy (non-hydrogen) atoms. The van der Waals surface area contributed by atoms with Crippen molar-refractivity contribution < 1.29 is 14.3 Å². The van der Waals surface area contributed by atoms with Crippen LogP contribution in [0.2, 0.25) is 0 Å². The molecule has 0 aliphatic carbocycles. The zero-order chi connectivity index (χ0) is 15.9. The quantitative estimate of drug-likeness (QED) is 0.848. The number of amides is 2. The molecule has 2 aromatic rings. The zero-order valence-electron chi connectivity index (χ0n) is 12.4. The van der Waals surface area contributed by atoms with Crippen molar-refractivity contribution in [3.63, 3.8) is 0 Å². The summed E-state index contributed by atoms with van der Waals surface area (Å²) in [5.41, 5.74) is 1.59. The predicted octanol–water partition coefficient (Wildman–Crippen LogP) is 3.79. The molecule has 0 bridgehead atoms. The van der Waals surface area contributed by atoms with Crippen molar-refractivity contribution in [1.82, 2.24) is 5.32 Å². The normalized spacial score (nSPS) is 9.95. The molecule has 0 saturated heterocycles. The van der Waals surface area contributed by atoms with E-state index >= 15 is 0 Å². The van der Waals surface area contributed by atoms with Crippen LogP contribution in [0.4, 0.5) is 10.5 Å². The van der Waals surface area contributed by atoms with Gasteiger partial charge in [0.05, 0.1) is 14.2 Å². The Balaban J connectivity index is 1.94. The first-order valence-corrected chi connectivity index (χ1v) is 7.43. The number of urea groups is 1. The van der Waals surface area contributed by atoms with Crippen molar-refractivity contribution in [2.75, 3.05) is 19.5 Å². The van der Waals surface area contributed by atoms with Gasteiger partial charge in [-0.05, 0) is 36.4 Å². The number of rotatable bonds is 5. The average molecular weight is 365 g/mol. The van der Waals surface area contributed by atoms with E-state index in [1.54, 1.807) is 20.3 Å². The number of ether oxygens (including phenoxy) is 2. The van der Waals surface area contributed by atoms with Crippen LogP contribution in [-0.2, 0) is 6.54 Å². The number of carbonyl (C=O) groups is 1. The van der Waals surface area contributed by atoms with E-state index in [2.05, 4.69) is 26.6 Å². The largest absolute Gasteiger partial charge is 0.497 e. The van der Waals surface area contributed by atoms with Crippen LogP contribution >= 0.6 is 15.9 Å². The molecule has 0 saturated carbocycles. The molecule has 0 radical (unpaired) electrons. The Morgan fingerprint density at radius 3 is 2.45 bits per heavy atom. The summed E-state index contributed by atoms with van der Waals surface area (Å²) < 4.78 is 11.4. The van der Waals surface area contributed by atoms with Gasteiger partial charge in [0.2, 0.25) is 0 Å². The fourth-order valence-electron chi connectivity index (χ4n) is 1.88. The molecule has 0 aliphatic heterocycles. The third-order valence-electron chi connectivity index (χ3n) is 3.04. The van der Waals surface area contributed by atoms with Crippen molar-refractivity contribution in [3.8, 4) is 11.5 Å². The van der Waals surface area contributed by atoms with Crippen molar-refractivity contribution in [2.24, 2.45) is 0 Å². The summed E-state index contributed by atoms with van der Waals surface area (Å²) in [5, 5.41) is 5.55. The van der Waals surface area contributed by atoms with Gasteiger partial charge in [0.15, 0.2) is 0 Å². The van der Waals surface area contributed by atoms with Gasteiger partial charge in [0.1, 0.15) is 11.5 Å². The second-order valence-electron chi connectivity index (χ2n) is 4.49. The van der Waals surface area contributed by atoms with Crippen LogP contribution in [0, 0.1) is 0 Å². The smallest absolute Gasteiger partial charge is 0.319 e. The summed E-state index contributed by atoms with van der Waals surface area (Å²) in [5.74, 6) is 1.38. The first-order chi connectivity index (χ1) is 10.6. The lowest BCUT2D eigenvalue weighted by Gasteiger charge is -2.12. The Morgan fingerprint density at radius 1 is 1.09 bits per heavy atom. The van der Waals surface area contributed by atoms with Crippen LogP contribution in [0.1, 0.15) is 5.56 Å². The van der Waals surface area contributed by atoms with Gasteiger partial charge in [-0.3, -0.25) is 0 Å². The Morgan fingerprint density at radius 2 is 1.82 bits per heavy atom. The summed E-state index contributed by atoms with van der Waals surface area (Å²) in [6, 6.07) is 12.5. The van der Waals surface area contributed by atoms with Gasteiger partial charge >= 0.3 is 6.03 Å². The molecule has 2 rings (SSSR count). The van der Waals surface area contributed by atoms with Gasteiger partial charge in [0.25, 0.3) is 0 Å². The molecular weight excluding hydrogens is 348 g/mol. The van der Waals surface area contributed by atoms with Crippen molar-refractivity contribution in [2.45, 2.75) is 6.54 Å². The third-order valence-corrected chi connectivity index (χ3v) is 3.56. The SMILES string of the molecule is COc1ccc(CNC(=O)Nc2ccc(Br)cc2)c(OC)c1. The topological polar surface area (TPSA) is 59.6 Å². The monoisotopic (exact) mass is 364 g/mol. The van der Waals surface area contributed by atoms with E-state index in [9.17, 15) is 4.79 Å². The van der Waals surface area contributed by atoms with Crippen LogP contribution in [-0.4, -0.2) is 20.3 Å². The number of halogens is 1. The van der Waals surface area contributed by atoms with Gasteiger partial charge in [-0.15, -0.1) is 0 Å². The highest BCUT2D eigenvalue weighted by atomic mass is 79.9. The fourth-order valence-corrected chi connectivity index (χ4v) is 2.15. The van der Waals surface area contributed by atoms with Crippen LogP contribution in [0.25, 0.3) is 0 Å². The van der Waals surface area contributed by atoms with E-state index in [-0.39, 0.29) is 6.03 Å². The third kappa shape index (κ3) is 4.39. The van der Waals surface area contributed by atoms with Gasteiger partial charge in [0, 0.05) is 28.3 Å². The maximum absolute atomic E-state index is 11.9. The average Bonchev–Trinajstić information content (AvgIpc) is 2.55. The minimum atomic E-state index is -0.278. The van der Waals surface area contributed by atoms with E-state index < -0.39 is 0 Å². The van der Waals surface area contributed by atoms with E-state index in [0.29, 0.717) is 18.0 Å². The van der Waals surface area contributed by atoms with Gasteiger partial charge in [-0.2, -0.15) is 0 Å². The summed E-state index contributed by atoms with van der Waals surface area (Å²) >= 11 is 3.35. The van der Waals surface area contributed by atoms with E-state index in [1.807, 2.05) is 36.4 Å². The number of nitrogens with one attached hydrogen (secondary N) is 2. The van der Waals surface area contributed by atoms with Crippen LogP contribution in [0.15, 0.2) is 46.9 Å². The summed E-state index contributed by atoms with van der Waals surface area (Å²) in [7, 11) is 3.18. The molecule has 0 heterocycles. The molecule has 6 heteroatoms. The van der Waals surface area contributed by atoms with Crippen molar-refractivity contribution >= 4 is 27.6 Å². The highest BCUT2D eigenvalue weighted by Crippen LogP contribution is 2.24. The maximum Gasteiger partial charge on any atom is 0.319 e. The Labute approximate surface area is 137 Å². The summed E-state index contributed by atoms with van der Waals surface area (Å²) in [6.07, 6.45) is 0. The highest BCUT2D eigenvalue weighted by molar-refractivity contribution is 9.10. The van der Waals surface area contributed by atoms with E-state index in [4.69, 9.17) is 9.47 Å². The molecule has 2 amide bonds. The lowest BCUT2D eigenvalue weighted by atomic mass is 10.2. The van der Waals surface area contributed by atoms with Crippen LogP contribution in [0.3, 0.4) is 0 Å². The molecule has 0 aliphatic rings. The molecule has 0 aromatic heterocycles. The molecule has 0 fully saturated rings. The molecule has 2 aromatic carbocycles. The molecule has 0 spiro atoms. The summed E-state index contributed by atoms with van der Waals surface area (Å²) in [4.78, 5) is 11.9. The molecule has 2 N–H and O–H groups in total. The lowest BCUT2D eigenvalue weighted by molar-refractivity contribution is 0.251. The number of benzene rings is 2. The number of anilines is 1. The van der Waals surface area contributed by atoms with Crippen molar-refractivity contribution in [1.29, 1.82) is 0 Å². The Kier molecular flexibility index (Phi) is 5.66. The second kappa shape index (κ2) is 7.70. The lowest BCUT2D eigenvalue weighted by Crippen LogP contribution is -2.28. The van der Waals surface area contributed by atoms with E-state index in [1.165, 1.54) is 0 Å². The first kappa shape index (κ1) is 16.2. The fraction of sp³-hybridized carbons (Fsp3) is 0.188. The van der Waals surface area contributed by atoms with Gasteiger partial charge in [-0.1, -0.05) is 15.9 Å². The summed E-state index contributed by atoms with van der Waals surface area (Å²) in [6.45, 7) is 0.357. The van der Waals surface area contributed by atoms with Crippen molar-refractivity contribution in [3.05, 3.63) is 52.5 Å². The number of hydrogen-bond donors (Lipinski definition) is 2. The highest BCUT2D eigenvalue weighted by Gasteiger charge is 2.07. The Hall–Kier alpha value is -2.21. The Bertz CT molecular complexity index is 644.